The van der Waals surface area contributed by atoms with E-state index in [4.69, 9.17) is 9.29 Å². The van der Waals surface area contributed by atoms with Crippen LogP contribution >= 0.6 is 7.14 Å². The Morgan fingerprint density at radius 2 is 1.36 bits per heavy atom. The van der Waals surface area contributed by atoms with Gasteiger partial charge in [0.25, 0.3) is 10.1 Å². The van der Waals surface area contributed by atoms with E-state index in [0.717, 1.165) is 0 Å². The predicted octanol–water partition coefficient (Wildman–Crippen LogP) is 4.24. The molecule has 3 aromatic carbocycles. The number of ketones is 1. The number of aryl methyl sites for hydroxylation is 2. The number of hydrogen-bond acceptors (Lipinski definition) is 6. The van der Waals surface area contributed by atoms with Crippen molar-refractivity contribution < 1.29 is 31.9 Å². The van der Waals surface area contributed by atoms with Crippen LogP contribution in [0.15, 0.2) is 66.7 Å². The highest BCUT2D eigenvalue weighted by atomic mass is 32.2. The van der Waals surface area contributed by atoms with Crippen LogP contribution in [0.4, 0.5) is 0 Å². The zero-order chi connectivity index (χ0) is 26.5. The second kappa shape index (κ2) is 11.4. The largest absolute Gasteiger partial charge is 0.373 e. The van der Waals surface area contributed by atoms with Crippen LogP contribution in [0, 0.1) is 20.8 Å². The first kappa shape index (κ1) is 27.7. The Morgan fingerprint density at radius 1 is 0.861 bits per heavy atom. The fourth-order valence-electron chi connectivity index (χ4n) is 4.34. The van der Waals surface area contributed by atoms with Gasteiger partial charge in [0.1, 0.15) is 6.61 Å². The minimum Gasteiger partial charge on any atom is -0.373 e. The summed E-state index contributed by atoms with van der Waals surface area (Å²) in [6, 6.07) is 19.0. The van der Waals surface area contributed by atoms with Gasteiger partial charge in [-0.1, -0.05) is 66.7 Å². The monoisotopic (exact) mass is 528 g/mol. The average molecular weight is 529 g/mol. The summed E-state index contributed by atoms with van der Waals surface area (Å²) >= 11 is 0. The van der Waals surface area contributed by atoms with E-state index in [1.807, 2.05) is 0 Å². The van der Waals surface area contributed by atoms with Gasteiger partial charge in [-0.3, -0.25) is 14.1 Å². The van der Waals surface area contributed by atoms with Crippen LogP contribution in [0.5, 0.6) is 0 Å². The molecule has 9 heteroatoms. The molecule has 0 amide bonds. The van der Waals surface area contributed by atoms with Gasteiger partial charge < -0.3 is 9.30 Å². The number of benzene rings is 3. The summed E-state index contributed by atoms with van der Waals surface area (Å²) in [7, 11) is -7.86. The zero-order valence-electron chi connectivity index (χ0n) is 20.4. The summed E-state index contributed by atoms with van der Waals surface area (Å²) in [5.74, 6) is -0.836. The van der Waals surface area contributed by atoms with Crippen molar-refractivity contribution >= 4 is 39.2 Å². The number of Topliss-reactive ketones (excluding diaryl/α,β-unsaturated/α-hetero) is 1. The molecule has 0 aromatic heterocycles. The Hall–Kier alpha value is -2.90. The molecule has 0 radical (unpaired) electrons. The van der Waals surface area contributed by atoms with Gasteiger partial charge in [-0.25, -0.2) is 0 Å². The summed E-state index contributed by atoms with van der Waals surface area (Å²) in [6.07, 6.45) is 0.0407. The fourth-order valence-corrected chi connectivity index (χ4v) is 7.43. The van der Waals surface area contributed by atoms with Crippen molar-refractivity contribution in [2.45, 2.75) is 27.2 Å². The van der Waals surface area contributed by atoms with Gasteiger partial charge >= 0.3 is 0 Å². The van der Waals surface area contributed by atoms with E-state index in [9.17, 15) is 22.6 Å². The highest BCUT2D eigenvalue weighted by Crippen LogP contribution is 2.48. The van der Waals surface area contributed by atoms with Gasteiger partial charge in [-0.05, 0) is 43.9 Å². The molecule has 0 aliphatic rings. The Balaban J connectivity index is 2.01. The Morgan fingerprint density at radius 3 is 1.86 bits per heavy atom. The van der Waals surface area contributed by atoms with Gasteiger partial charge in [-0.2, -0.15) is 8.42 Å². The van der Waals surface area contributed by atoms with Crippen LogP contribution < -0.4 is 10.6 Å². The highest BCUT2D eigenvalue weighted by Gasteiger charge is 2.38. The topological polar surface area (TPSA) is 115 Å². The third-order valence-corrected chi connectivity index (χ3v) is 9.57. The van der Waals surface area contributed by atoms with Crippen LogP contribution in [0.3, 0.4) is 0 Å². The smallest absolute Gasteiger partial charge is 0.264 e. The lowest BCUT2D eigenvalue weighted by Gasteiger charge is -2.22. The van der Waals surface area contributed by atoms with Crippen molar-refractivity contribution in [1.29, 1.82) is 0 Å². The van der Waals surface area contributed by atoms with Crippen molar-refractivity contribution in [2.24, 2.45) is 0 Å². The molecule has 0 aliphatic carbocycles. The number of carbonyl (C=O) groups is 2. The lowest BCUT2D eigenvalue weighted by molar-refractivity contribution is 0.0760. The van der Waals surface area contributed by atoms with E-state index in [0.29, 0.717) is 32.9 Å². The molecule has 0 atom stereocenters. The van der Waals surface area contributed by atoms with Gasteiger partial charge in [-0.15, -0.1) is 0 Å². The third kappa shape index (κ3) is 6.08. The van der Waals surface area contributed by atoms with Crippen molar-refractivity contribution in [2.75, 3.05) is 19.0 Å². The molecule has 0 fully saturated rings. The molecule has 0 saturated heterocycles. The Labute approximate surface area is 211 Å². The van der Waals surface area contributed by atoms with E-state index < -0.39 is 28.5 Å². The quantitative estimate of drug-likeness (QED) is 0.171. The molecule has 0 heterocycles. The average Bonchev–Trinajstić information content (AvgIpc) is 2.83. The lowest BCUT2D eigenvalue weighted by Crippen LogP contribution is -2.25. The van der Waals surface area contributed by atoms with Gasteiger partial charge in [0, 0.05) is 28.3 Å². The molecule has 0 bridgehead atoms. The minimum atomic E-state index is -4.10. The van der Waals surface area contributed by atoms with Gasteiger partial charge in [0.05, 0.1) is 5.75 Å². The van der Waals surface area contributed by atoms with E-state index in [-0.39, 0.29) is 31.0 Å². The van der Waals surface area contributed by atoms with Crippen molar-refractivity contribution in [3.63, 3.8) is 0 Å². The Kier molecular flexibility index (Phi) is 8.80. The summed E-state index contributed by atoms with van der Waals surface area (Å²) in [4.78, 5) is 27.2. The fraction of sp³-hybridized carbons (Fsp3) is 0.259. The first-order valence-electron chi connectivity index (χ1n) is 11.4. The van der Waals surface area contributed by atoms with E-state index in [2.05, 4.69) is 0 Å². The molecule has 36 heavy (non-hydrogen) atoms. The van der Waals surface area contributed by atoms with E-state index >= 15 is 0 Å². The van der Waals surface area contributed by atoms with Crippen molar-refractivity contribution in [3.05, 3.63) is 94.5 Å². The standard InChI is InChI=1S/C27H29O7PS/c1-19-17-20(2)26(21(3)25(19)24(28)18-34-15-10-16-36(31,32)33)27(29)35(30,22-11-6-4-7-12-22)23-13-8-5-9-14-23/h4-9,11-14,17H,10,15-16,18H2,1-3H3,(H,31,32,33). The highest BCUT2D eigenvalue weighted by molar-refractivity contribution is 7.93. The van der Waals surface area contributed by atoms with E-state index in [1.165, 1.54) is 0 Å². The second-order valence-corrected chi connectivity index (χ2v) is 12.8. The molecule has 0 unspecified atom stereocenters. The second-order valence-electron chi connectivity index (χ2n) is 8.59. The molecular weight excluding hydrogens is 499 g/mol. The van der Waals surface area contributed by atoms with Gasteiger partial charge in [0.15, 0.2) is 5.78 Å². The first-order chi connectivity index (χ1) is 17.0. The number of carbonyl (C=O) groups excluding carboxylic acids is 2. The number of hydrogen-bond donors (Lipinski definition) is 1. The zero-order valence-corrected chi connectivity index (χ0v) is 22.1. The number of ether oxygens (including phenoxy) is 1. The van der Waals surface area contributed by atoms with Crippen LogP contribution in [0.1, 0.15) is 43.8 Å². The molecular formula is C27H29O7PS. The molecule has 1 N–H and O–H groups in total. The first-order valence-corrected chi connectivity index (χ1v) is 14.7. The van der Waals surface area contributed by atoms with Gasteiger partial charge in [0.2, 0.25) is 12.7 Å². The molecule has 7 nitrogen and oxygen atoms in total. The molecule has 3 aromatic rings. The van der Waals surface area contributed by atoms with Crippen LogP contribution in [0.25, 0.3) is 0 Å². The maximum atomic E-state index is 14.6. The van der Waals surface area contributed by atoms with E-state index in [1.54, 1.807) is 87.5 Å². The molecule has 3 rings (SSSR count). The maximum absolute atomic E-state index is 14.6. The van der Waals surface area contributed by atoms with Crippen molar-refractivity contribution in [1.82, 2.24) is 0 Å². The van der Waals surface area contributed by atoms with Crippen LogP contribution in [-0.4, -0.2) is 43.2 Å². The third-order valence-electron chi connectivity index (χ3n) is 5.91. The summed E-state index contributed by atoms with van der Waals surface area (Å²) in [6.45, 7) is 4.83. The molecule has 0 spiro atoms. The lowest BCUT2D eigenvalue weighted by atomic mass is 9.92. The summed E-state index contributed by atoms with van der Waals surface area (Å²) in [5, 5.41) is 0.825. The minimum absolute atomic E-state index is 0.0293. The van der Waals surface area contributed by atoms with Crippen molar-refractivity contribution in [3.8, 4) is 0 Å². The van der Waals surface area contributed by atoms with Crippen LogP contribution in [-0.2, 0) is 19.4 Å². The normalized spacial score (nSPS) is 11.9. The molecule has 190 valence electrons. The molecule has 0 saturated carbocycles. The Bertz CT molecular complexity index is 1370. The SMILES string of the molecule is Cc1cc(C)c(C(=O)P(=O)(c2ccccc2)c2ccccc2)c(C)c1C(=O)COCCCS(=O)(=O)O. The van der Waals surface area contributed by atoms with Crippen LogP contribution in [0.2, 0.25) is 0 Å². The summed E-state index contributed by atoms with van der Waals surface area (Å²) < 4.78 is 50.4. The molecule has 0 aliphatic heterocycles. The predicted molar refractivity (Wildman–Crippen MR) is 141 cm³/mol. The maximum Gasteiger partial charge on any atom is 0.264 e. The number of rotatable bonds is 11. The summed E-state index contributed by atoms with van der Waals surface area (Å²) in [5.41, 5.74) is 1.71.